The first-order valence-electron chi connectivity index (χ1n) is 6.47. The van der Waals surface area contributed by atoms with E-state index in [9.17, 15) is 8.42 Å². The Balaban J connectivity index is 1.98. The zero-order chi connectivity index (χ0) is 12.5. The average Bonchev–Trinajstić information content (AvgIpc) is 2.64. The molecule has 2 aliphatic heterocycles. The number of nitrogens with one attached hydrogen (secondary N) is 2. The van der Waals surface area contributed by atoms with Crippen molar-refractivity contribution in [1.82, 2.24) is 14.3 Å². The lowest BCUT2D eigenvalue weighted by molar-refractivity contribution is 0.275. The molecule has 0 amide bonds. The third kappa shape index (κ3) is 3.19. The van der Waals surface area contributed by atoms with Crippen LogP contribution in [-0.4, -0.2) is 44.9 Å². The first-order valence-corrected chi connectivity index (χ1v) is 7.91. The Bertz CT molecular complexity index is 358. The molecule has 2 fully saturated rings. The molecule has 0 saturated carbocycles. The number of hydrogen-bond acceptors (Lipinski definition) is 3. The van der Waals surface area contributed by atoms with Crippen molar-refractivity contribution in [1.29, 1.82) is 0 Å². The van der Waals surface area contributed by atoms with Gasteiger partial charge in [0.25, 0.3) is 10.2 Å². The maximum absolute atomic E-state index is 12.2. The van der Waals surface area contributed by atoms with Gasteiger partial charge in [0.15, 0.2) is 0 Å². The van der Waals surface area contributed by atoms with Crippen molar-refractivity contribution in [2.75, 3.05) is 26.2 Å². The van der Waals surface area contributed by atoms with Crippen LogP contribution in [0.1, 0.15) is 26.7 Å². The molecule has 0 aromatic rings. The van der Waals surface area contributed by atoms with Crippen LogP contribution in [0.15, 0.2) is 0 Å². The minimum Gasteiger partial charge on any atom is -0.315 e. The Hall–Kier alpha value is -0.170. The molecular weight excluding hydrogens is 238 g/mol. The summed E-state index contributed by atoms with van der Waals surface area (Å²) >= 11 is 0. The zero-order valence-electron chi connectivity index (χ0n) is 10.6. The third-order valence-corrected chi connectivity index (χ3v) is 5.39. The van der Waals surface area contributed by atoms with Gasteiger partial charge in [-0.3, -0.25) is 0 Å². The highest BCUT2D eigenvalue weighted by Crippen LogP contribution is 2.19. The van der Waals surface area contributed by atoms with Crippen molar-refractivity contribution < 1.29 is 8.42 Å². The standard InChI is InChI=1S/C11H23N3O2S/c1-9-4-3-5-14(8-9)17(15,16)13-11-7-12-6-10(11)2/h9-13H,3-8H2,1-2H3. The van der Waals surface area contributed by atoms with Crippen molar-refractivity contribution in [3.63, 3.8) is 0 Å². The summed E-state index contributed by atoms with van der Waals surface area (Å²) in [7, 11) is -3.29. The maximum Gasteiger partial charge on any atom is 0.279 e. The molecule has 100 valence electrons. The molecule has 0 radical (unpaired) electrons. The molecule has 0 spiro atoms. The van der Waals surface area contributed by atoms with Gasteiger partial charge in [0, 0.05) is 25.7 Å². The maximum atomic E-state index is 12.2. The van der Waals surface area contributed by atoms with E-state index in [4.69, 9.17) is 0 Å². The van der Waals surface area contributed by atoms with Crippen LogP contribution in [0.25, 0.3) is 0 Å². The molecular formula is C11H23N3O2S. The van der Waals surface area contributed by atoms with Crippen LogP contribution in [0.4, 0.5) is 0 Å². The highest BCUT2D eigenvalue weighted by Gasteiger charge is 2.32. The van der Waals surface area contributed by atoms with Gasteiger partial charge in [-0.2, -0.15) is 17.4 Å². The Kier molecular flexibility index (Phi) is 4.07. The molecule has 0 bridgehead atoms. The monoisotopic (exact) mass is 261 g/mol. The Morgan fingerprint density at radius 1 is 1.29 bits per heavy atom. The summed E-state index contributed by atoms with van der Waals surface area (Å²) in [6.45, 7) is 7.14. The zero-order valence-corrected chi connectivity index (χ0v) is 11.5. The van der Waals surface area contributed by atoms with Crippen LogP contribution in [0.3, 0.4) is 0 Å². The molecule has 2 heterocycles. The fourth-order valence-corrected chi connectivity index (χ4v) is 4.27. The van der Waals surface area contributed by atoms with Gasteiger partial charge in [-0.1, -0.05) is 13.8 Å². The normalized spacial score (nSPS) is 36.2. The summed E-state index contributed by atoms with van der Waals surface area (Å²) in [6, 6.07) is 0.0391. The number of piperidine rings is 1. The summed E-state index contributed by atoms with van der Waals surface area (Å²) in [6.07, 6.45) is 2.11. The number of rotatable bonds is 3. The van der Waals surface area contributed by atoms with Gasteiger partial charge in [-0.05, 0) is 31.2 Å². The van der Waals surface area contributed by atoms with E-state index >= 15 is 0 Å². The Labute approximate surface area is 104 Å². The van der Waals surface area contributed by atoms with E-state index in [2.05, 4.69) is 23.9 Å². The predicted octanol–water partition coefficient (Wildman–Crippen LogP) is 0.161. The van der Waals surface area contributed by atoms with E-state index in [-0.39, 0.29) is 6.04 Å². The van der Waals surface area contributed by atoms with Gasteiger partial charge in [0.2, 0.25) is 0 Å². The predicted molar refractivity (Wildman–Crippen MR) is 67.8 cm³/mol. The molecule has 0 aliphatic carbocycles. The molecule has 2 aliphatic rings. The lowest BCUT2D eigenvalue weighted by Gasteiger charge is -2.31. The summed E-state index contributed by atoms with van der Waals surface area (Å²) in [5.41, 5.74) is 0. The first-order chi connectivity index (χ1) is 7.99. The Morgan fingerprint density at radius 3 is 2.65 bits per heavy atom. The van der Waals surface area contributed by atoms with Crippen LogP contribution < -0.4 is 10.0 Å². The molecule has 0 aromatic heterocycles. The van der Waals surface area contributed by atoms with E-state index in [1.807, 2.05) is 0 Å². The molecule has 0 aromatic carbocycles. The topological polar surface area (TPSA) is 61.4 Å². The molecule has 2 saturated heterocycles. The van der Waals surface area contributed by atoms with Crippen molar-refractivity contribution in [2.45, 2.75) is 32.7 Å². The molecule has 5 nitrogen and oxygen atoms in total. The van der Waals surface area contributed by atoms with E-state index in [0.29, 0.717) is 24.9 Å². The van der Waals surface area contributed by atoms with Crippen LogP contribution in [0, 0.1) is 11.8 Å². The smallest absolute Gasteiger partial charge is 0.279 e. The summed E-state index contributed by atoms with van der Waals surface area (Å²) in [5, 5.41) is 3.21. The van der Waals surface area contributed by atoms with Gasteiger partial charge < -0.3 is 5.32 Å². The number of hydrogen-bond donors (Lipinski definition) is 2. The molecule has 3 unspecified atom stereocenters. The number of nitrogens with zero attached hydrogens (tertiary/aromatic N) is 1. The fraction of sp³-hybridized carbons (Fsp3) is 1.00. The van der Waals surface area contributed by atoms with Crippen LogP contribution in [-0.2, 0) is 10.2 Å². The third-order valence-electron chi connectivity index (χ3n) is 3.78. The highest BCUT2D eigenvalue weighted by atomic mass is 32.2. The molecule has 3 atom stereocenters. The van der Waals surface area contributed by atoms with Crippen molar-refractivity contribution in [2.24, 2.45) is 11.8 Å². The van der Waals surface area contributed by atoms with Gasteiger partial charge in [0.05, 0.1) is 0 Å². The SMILES string of the molecule is CC1CCCN(S(=O)(=O)NC2CNCC2C)C1. The second-order valence-electron chi connectivity index (χ2n) is 5.47. The highest BCUT2D eigenvalue weighted by molar-refractivity contribution is 7.87. The minimum absolute atomic E-state index is 0.0391. The summed E-state index contributed by atoms with van der Waals surface area (Å²) in [4.78, 5) is 0. The van der Waals surface area contributed by atoms with E-state index in [1.165, 1.54) is 0 Å². The largest absolute Gasteiger partial charge is 0.315 e. The van der Waals surface area contributed by atoms with E-state index in [1.54, 1.807) is 4.31 Å². The summed E-state index contributed by atoms with van der Waals surface area (Å²) in [5.74, 6) is 0.839. The molecule has 2 rings (SSSR count). The van der Waals surface area contributed by atoms with Gasteiger partial charge in [0.1, 0.15) is 0 Å². The van der Waals surface area contributed by atoms with Crippen LogP contribution in [0.5, 0.6) is 0 Å². The van der Waals surface area contributed by atoms with Gasteiger partial charge in [-0.25, -0.2) is 0 Å². The lowest BCUT2D eigenvalue weighted by Crippen LogP contribution is -2.50. The van der Waals surface area contributed by atoms with E-state index < -0.39 is 10.2 Å². The van der Waals surface area contributed by atoms with Crippen LogP contribution >= 0.6 is 0 Å². The summed E-state index contributed by atoms with van der Waals surface area (Å²) < 4.78 is 28.9. The quantitative estimate of drug-likeness (QED) is 0.761. The second-order valence-corrected chi connectivity index (χ2v) is 7.17. The van der Waals surface area contributed by atoms with E-state index in [0.717, 1.165) is 25.9 Å². The van der Waals surface area contributed by atoms with Crippen molar-refractivity contribution in [3.05, 3.63) is 0 Å². The van der Waals surface area contributed by atoms with Crippen LogP contribution in [0.2, 0.25) is 0 Å². The lowest BCUT2D eigenvalue weighted by atomic mass is 10.0. The Morgan fingerprint density at radius 2 is 2.06 bits per heavy atom. The molecule has 6 heteroatoms. The van der Waals surface area contributed by atoms with Crippen molar-refractivity contribution in [3.8, 4) is 0 Å². The minimum atomic E-state index is -3.29. The second kappa shape index (κ2) is 5.22. The molecule has 2 N–H and O–H groups in total. The average molecular weight is 261 g/mol. The fourth-order valence-electron chi connectivity index (χ4n) is 2.60. The van der Waals surface area contributed by atoms with Gasteiger partial charge in [-0.15, -0.1) is 0 Å². The van der Waals surface area contributed by atoms with Gasteiger partial charge >= 0.3 is 0 Å². The van der Waals surface area contributed by atoms with Crippen molar-refractivity contribution >= 4 is 10.2 Å². The molecule has 17 heavy (non-hydrogen) atoms. The first kappa shape index (κ1) is 13.3.